The molecule has 1 aromatic heterocycles. The van der Waals surface area contributed by atoms with Crippen molar-refractivity contribution in [2.75, 3.05) is 5.73 Å². The zero-order valence-electron chi connectivity index (χ0n) is 9.91. The number of rotatable bonds is 4. The van der Waals surface area contributed by atoms with Gasteiger partial charge in [0.05, 0.1) is 12.2 Å². The highest BCUT2D eigenvalue weighted by Gasteiger charge is 2.14. The van der Waals surface area contributed by atoms with Crippen LogP contribution in [0, 0.1) is 0 Å². The second-order valence-electron chi connectivity index (χ2n) is 3.75. The molecule has 19 heavy (non-hydrogen) atoms. The Morgan fingerprint density at radius 2 is 2.05 bits per heavy atom. The van der Waals surface area contributed by atoms with E-state index in [2.05, 4.69) is 4.98 Å². The van der Waals surface area contributed by atoms with Crippen LogP contribution < -0.4 is 10.5 Å². The SMILES string of the molecule is Nc1c(C(=O)O)ccnc1Oc1ccccc1CO. The van der Waals surface area contributed by atoms with Crippen molar-refractivity contribution in [1.82, 2.24) is 4.98 Å². The van der Waals surface area contributed by atoms with Gasteiger partial charge in [-0.3, -0.25) is 0 Å². The molecule has 2 rings (SSSR count). The van der Waals surface area contributed by atoms with Gasteiger partial charge < -0.3 is 20.7 Å². The highest BCUT2D eigenvalue weighted by molar-refractivity contribution is 5.94. The first kappa shape index (κ1) is 12.8. The second-order valence-corrected chi connectivity index (χ2v) is 3.75. The fourth-order valence-electron chi connectivity index (χ4n) is 1.56. The number of para-hydroxylation sites is 1. The third-order valence-electron chi connectivity index (χ3n) is 2.53. The van der Waals surface area contributed by atoms with E-state index in [1.54, 1.807) is 24.3 Å². The van der Waals surface area contributed by atoms with Crippen LogP contribution in [-0.4, -0.2) is 21.2 Å². The molecule has 0 atom stereocenters. The first-order chi connectivity index (χ1) is 9.13. The number of aliphatic hydroxyl groups excluding tert-OH is 1. The summed E-state index contributed by atoms with van der Waals surface area (Å²) in [6.45, 7) is -0.200. The lowest BCUT2D eigenvalue weighted by Crippen LogP contribution is -2.05. The lowest BCUT2D eigenvalue weighted by atomic mass is 10.2. The van der Waals surface area contributed by atoms with Crippen molar-refractivity contribution in [2.45, 2.75) is 6.61 Å². The lowest BCUT2D eigenvalue weighted by Gasteiger charge is -2.11. The van der Waals surface area contributed by atoms with Gasteiger partial charge in [-0.05, 0) is 12.1 Å². The number of carbonyl (C=O) groups is 1. The van der Waals surface area contributed by atoms with Crippen LogP contribution in [0.15, 0.2) is 36.5 Å². The van der Waals surface area contributed by atoms with Gasteiger partial charge in [0.25, 0.3) is 0 Å². The molecule has 4 N–H and O–H groups in total. The van der Waals surface area contributed by atoms with E-state index < -0.39 is 5.97 Å². The highest BCUT2D eigenvalue weighted by Crippen LogP contribution is 2.29. The first-order valence-electron chi connectivity index (χ1n) is 5.48. The van der Waals surface area contributed by atoms with E-state index in [1.165, 1.54) is 12.3 Å². The van der Waals surface area contributed by atoms with Gasteiger partial charge >= 0.3 is 5.97 Å². The van der Waals surface area contributed by atoms with Gasteiger partial charge in [0.2, 0.25) is 5.88 Å². The molecule has 6 heteroatoms. The maximum Gasteiger partial charge on any atom is 0.338 e. The molecule has 0 aliphatic carbocycles. The van der Waals surface area contributed by atoms with E-state index in [0.717, 1.165) is 0 Å². The summed E-state index contributed by atoms with van der Waals surface area (Å²) in [5, 5.41) is 18.1. The summed E-state index contributed by atoms with van der Waals surface area (Å²) in [4.78, 5) is 14.8. The summed E-state index contributed by atoms with van der Waals surface area (Å²) in [6.07, 6.45) is 1.30. The zero-order chi connectivity index (χ0) is 13.8. The van der Waals surface area contributed by atoms with Crippen LogP contribution in [0.2, 0.25) is 0 Å². The number of carboxylic acid groups (broad SMARTS) is 1. The Labute approximate surface area is 109 Å². The molecule has 0 amide bonds. The number of aromatic nitrogens is 1. The predicted octanol–water partition coefficient (Wildman–Crippen LogP) is 1.65. The van der Waals surface area contributed by atoms with Crippen molar-refractivity contribution < 1.29 is 19.7 Å². The maximum atomic E-state index is 10.9. The number of nitrogens with zero attached hydrogens (tertiary/aromatic N) is 1. The third-order valence-corrected chi connectivity index (χ3v) is 2.53. The van der Waals surface area contributed by atoms with Crippen LogP contribution in [0.5, 0.6) is 11.6 Å². The number of pyridine rings is 1. The fourth-order valence-corrected chi connectivity index (χ4v) is 1.56. The zero-order valence-corrected chi connectivity index (χ0v) is 9.91. The Morgan fingerprint density at radius 3 is 2.74 bits per heavy atom. The van der Waals surface area contributed by atoms with Gasteiger partial charge in [0.1, 0.15) is 11.4 Å². The van der Waals surface area contributed by atoms with Crippen LogP contribution in [0.3, 0.4) is 0 Å². The second kappa shape index (κ2) is 5.36. The van der Waals surface area contributed by atoms with Crippen molar-refractivity contribution in [3.8, 4) is 11.6 Å². The number of aliphatic hydroxyl groups is 1. The van der Waals surface area contributed by atoms with E-state index >= 15 is 0 Å². The first-order valence-corrected chi connectivity index (χ1v) is 5.48. The number of nitrogen functional groups attached to an aromatic ring is 1. The molecule has 0 saturated heterocycles. The molecule has 98 valence electrons. The van der Waals surface area contributed by atoms with Gasteiger partial charge in [-0.15, -0.1) is 0 Å². The summed E-state index contributed by atoms with van der Waals surface area (Å²) in [7, 11) is 0. The van der Waals surface area contributed by atoms with E-state index in [0.29, 0.717) is 11.3 Å². The molecule has 6 nitrogen and oxygen atoms in total. The molecule has 1 aromatic carbocycles. The van der Waals surface area contributed by atoms with Crippen LogP contribution in [0.4, 0.5) is 5.69 Å². The van der Waals surface area contributed by atoms with Crippen molar-refractivity contribution in [1.29, 1.82) is 0 Å². The van der Waals surface area contributed by atoms with Crippen molar-refractivity contribution in [3.63, 3.8) is 0 Å². The van der Waals surface area contributed by atoms with Crippen LogP contribution in [0.25, 0.3) is 0 Å². The molecule has 0 radical (unpaired) electrons. The molecule has 0 bridgehead atoms. The number of carboxylic acids is 1. The van der Waals surface area contributed by atoms with Crippen molar-refractivity contribution >= 4 is 11.7 Å². The lowest BCUT2D eigenvalue weighted by molar-refractivity contribution is 0.0697. The van der Waals surface area contributed by atoms with Crippen LogP contribution >= 0.6 is 0 Å². The molecular weight excluding hydrogens is 248 g/mol. The van der Waals surface area contributed by atoms with Gasteiger partial charge in [0, 0.05) is 11.8 Å². The van der Waals surface area contributed by atoms with E-state index in [-0.39, 0.29) is 23.7 Å². The molecular formula is C13H12N2O4. The smallest absolute Gasteiger partial charge is 0.338 e. The highest BCUT2D eigenvalue weighted by atomic mass is 16.5. The minimum absolute atomic E-state index is 0.000741. The summed E-state index contributed by atoms with van der Waals surface area (Å²) in [5.74, 6) is -0.771. The molecule has 0 spiro atoms. The quantitative estimate of drug-likeness (QED) is 0.771. The molecule has 0 fully saturated rings. The van der Waals surface area contributed by atoms with Crippen molar-refractivity contribution in [2.24, 2.45) is 0 Å². The molecule has 0 aliphatic rings. The van der Waals surface area contributed by atoms with Gasteiger partial charge in [-0.1, -0.05) is 18.2 Å². The number of aromatic carboxylic acids is 1. The van der Waals surface area contributed by atoms with Crippen LogP contribution in [0.1, 0.15) is 15.9 Å². The predicted molar refractivity (Wildman–Crippen MR) is 68.0 cm³/mol. The molecule has 0 unspecified atom stereocenters. The Kier molecular flexibility index (Phi) is 3.63. The van der Waals surface area contributed by atoms with Gasteiger partial charge in [-0.2, -0.15) is 0 Å². The average Bonchev–Trinajstić information content (AvgIpc) is 2.41. The molecule has 1 heterocycles. The minimum Gasteiger partial charge on any atom is -0.478 e. The largest absolute Gasteiger partial charge is 0.478 e. The Hall–Kier alpha value is -2.60. The standard InChI is InChI=1S/C13H12N2O4/c14-11-9(13(17)18)5-6-15-12(11)19-10-4-2-1-3-8(10)7-16/h1-6,16H,7,14H2,(H,17,18). The summed E-state index contributed by atoms with van der Waals surface area (Å²) in [6, 6.07) is 8.10. The molecule has 0 aliphatic heterocycles. The van der Waals surface area contributed by atoms with E-state index in [1.807, 2.05) is 0 Å². The Bertz CT molecular complexity index is 613. The monoisotopic (exact) mass is 260 g/mol. The number of hydrogen-bond donors (Lipinski definition) is 3. The molecule has 0 saturated carbocycles. The summed E-state index contributed by atoms with van der Waals surface area (Å²) < 4.78 is 5.46. The number of benzene rings is 1. The third kappa shape index (κ3) is 2.63. The summed E-state index contributed by atoms with van der Waals surface area (Å²) >= 11 is 0. The maximum absolute atomic E-state index is 10.9. The topological polar surface area (TPSA) is 106 Å². The minimum atomic E-state index is -1.15. The number of hydrogen-bond acceptors (Lipinski definition) is 5. The Morgan fingerprint density at radius 1 is 1.32 bits per heavy atom. The number of ether oxygens (including phenoxy) is 1. The van der Waals surface area contributed by atoms with E-state index in [9.17, 15) is 9.90 Å². The van der Waals surface area contributed by atoms with Gasteiger partial charge in [0.15, 0.2) is 0 Å². The summed E-state index contributed by atoms with van der Waals surface area (Å²) in [5.41, 5.74) is 6.12. The van der Waals surface area contributed by atoms with E-state index in [4.69, 9.17) is 15.6 Å². The normalized spacial score (nSPS) is 10.2. The van der Waals surface area contributed by atoms with Crippen LogP contribution in [-0.2, 0) is 6.61 Å². The average molecular weight is 260 g/mol. The fraction of sp³-hybridized carbons (Fsp3) is 0.0769. The van der Waals surface area contributed by atoms with Crippen molar-refractivity contribution in [3.05, 3.63) is 47.7 Å². The Balaban J connectivity index is 2.39. The number of anilines is 1. The molecule has 2 aromatic rings. The number of nitrogens with two attached hydrogens (primary N) is 1. The van der Waals surface area contributed by atoms with Gasteiger partial charge in [-0.25, -0.2) is 9.78 Å².